The second kappa shape index (κ2) is 8.32. The van der Waals surface area contributed by atoms with Crippen LogP contribution in [-0.2, 0) is 17.8 Å². The zero-order valence-corrected chi connectivity index (χ0v) is 17.4. The maximum absolute atomic E-state index is 12.5. The van der Waals surface area contributed by atoms with E-state index < -0.39 is 0 Å². The summed E-state index contributed by atoms with van der Waals surface area (Å²) in [5, 5.41) is 3.78. The van der Waals surface area contributed by atoms with E-state index in [0.717, 1.165) is 50.5 Å². The van der Waals surface area contributed by atoms with Crippen LogP contribution in [0.25, 0.3) is 5.65 Å². The van der Waals surface area contributed by atoms with E-state index >= 15 is 0 Å². The lowest BCUT2D eigenvalue weighted by atomic mass is 10.2. The Balaban J connectivity index is 1.27. The van der Waals surface area contributed by atoms with Crippen molar-refractivity contribution in [3.63, 3.8) is 0 Å². The number of imidazole rings is 1. The third kappa shape index (κ3) is 4.48. The molecule has 1 fully saturated rings. The van der Waals surface area contributed by atoms with Crippen LogP contribution < -0.4 is 0 Å². The highest BCUT2D eigenvalue weighted by Gasteiger charge is 2.22. The number of hydrogen-bond acceptors (Lipinski definition) is 6. The van der Waals surface area contributed by atoms with Crippen LogP contribution in [0, 0.1) is 20.8 Å². The molecule has 1 aliphatic rings. The van der Waals surface area contributed by atoms with Gasteiger partial charge in [-0.05, 0) is 44.9 Å². The van der Waals surface area contributed by atoms with Crippen molar-refractivity contribution in [1.82, 2.24) is 29.3 Å². The van der Waals surface area contributed by atoms with Crippen molar-refractivity contribution in [2.45, 2.75) is 46.6 Å². The Bertz CT molecular complexity index is 1000. The van der Waals surface area contributed by atoms with Gasteiger partial charge in [-0.1, -0.05) is 5.16 Å². The Morgan fingerprint density at radius 3 is 2.66 bits per heavy atom. The zero-order chi connectivity index (χ0) is 20.4. The SMILES string of the molecule is Cc1ccn2c(CN3CCN(C(=O)CCCc4nc(C)no4)CC3)c(C)nc2c1. The molecule has 154 valence electrons. The molecule has 8 nitrogen and oxygen atoms in total. The number of pyridine rings is 1. The number of carbonyl (C=O) groups is 1. The molecule has 0 spiro atoms. The van der Waals surface area contributed by atoms with Crippen LogP contribution in [0.2, 0.25) is 0 Å². The van der Waals surface area contributed by atoms with Gasteiger partial charge in [-0.25, -0.2) is 4.98 Å². The third-order valence-corrected chi connectivity index (χ3v) is 5.53. The maximum atomic E-state index is 12.5. The fourth-order valence-electron chi connectivity index (χ4n) is 3.86. The van der Waals surface area contributed by atoms with Gasteiger partial charge in [0.15, 0.2) is 5.82 Å². The number of nitrogens with zero attached hydrogens (tertiary/aromatic N) is 6. The van der Waals surface area contributed by atoms with Crippen molar-refractivity contribution in [1.29, 1.82) is 0 Å². The molecule has 0 bridgehead atoms. The molecule has 0 saturated carbocycles. The zero-order valence-electron chi connectivity index (χ0n) is 17.4. The van der Waals surface area contributed by atoms with E-state index in [9.17, 15) is 4.79 Å². The number of hydrogen-bond donors (Lipinski definition) is 0. The molecule has 4 rings (SSSR count). The lowest BCUT2D eigenvalue weighted by Crippen LogP contribution is -2.48. The van der Waals surface area contributed by atoms with Gasteiger partial charge in [0.25, 0.3) is 0 Å². The number of piperazine rings is 1. The molecule has 0 aromatic carbocycles. The summed E-state index contributed by atoms with van der Waals surface area (Å²) in [6.07, 6.45) is 4.01. The van der Waals surface area contributed by atoms with E-state index in [0.29, 0.717) is 24.6 Å². The van der Waals surface area contributed by atoms with Gasteiger partial charge in [0.05, 0.1) is 11.4 Å². The maximum Gasteiger partial charge on any atom is 0.226 e. The predicted molar refractivity (Wildman–Crippen MR) is 108 cm³/mol. The van der Waals surface area contributed by atoms with Gasteiger partial charge in [-0.15, -0.1) is 0 Å². The van der Waals surface area contributed by atoms with Gasteiger partial charge >= 0.3 is 0 Å². The fourth-order valence-corrected chi connectivity index (χ4v) is 3.86. The Labute approximate surface area is 170 Å². The quantitative estimate of drug-likeness (QED) is 0.636. The molecule has 0 aliphatic carbocycles. The van der Waals surface area contributed by atoms with Crippen LogP contribution in [0.5, 0.6) is 0 Å². The van der Waals surface area contributed by atoms with E-state index in [1.807, 2.05) is 4.90 Å². The second-order valence-corrected chi connectivity index (χ2v) is 7.82. The summed E-state index contributed by atoms with van der Waals surface area (Å²) >= 11 is 0. The lowest BCUT2D eigenvalue weighted by molar-refractivity contribution is -0.133. The summed E-state index contributed by atoms with van der Waals surface area (Å²) in [5.41, 5.74) is 4.53. The molecule has 8 heteroatoms. The van der Waals surface area contributed by atoms with Crippen molar-refractivity contribution in [3.8, 4) is 0 Å². The van der Waals surface area contributed by atoms with Gasteiger partial charge in [-0.2, -0.15) is 4.98 Å². The van der Waals surface area contributed by atoms with Gasteiger partial charge in [0, 0.05) is 51.8 Å². The smallest absolute Gasteiger partial charge is 0.226 e. The van der Waals surface area contributed by atoms with Gasteiger partial charge in [-0.3, -0.25) is 9.69 Å². The van der Waals surface area contributed by atoms with Crippen molar-refractivity contribution in [2.75, 3.05) is 26.2 Å². The van der Waals surface area contributed by atoms with Crippen LogP contribution in [0.15, 0.2) is 22.9 Å². The summed E-state index contributed by atoms with van der Waals surface area (Å²) in [5.74, 6) is 1.46. The summed E-state index contributed by atoms with van der Waals surface area (Å²) < 4.78 is 7.28. The molecule has 1 amide bonds. The van der Waals surface area contributed by atoms with E-state index in [1.54, 1.807) is 6.92 Å². The van der Waals surface area contributed by atoms with Crippen LogP contribution in [0.4, 0.5) is 0 Å². The first-order chi connectivity index (χ1) is 14.0. The first-order valence-electron chi connectivity index (χ1n) is 10.2. The molecular weight excluding hydrogens is 368 g/mol. The first kappa shape index (κ1) is 19.6. The lowest BCUT2D eigenvalue weighted by Gasteiger charge is -2.34. The topological polar surface area (TPSA) is 79.8 Å². The summed E-state index contributed by atoms with van der Waals surface area (Å²) in [7, 11) is 0. The first-order valence-corrected chi connectivity index (χ1v) is 10.2. The Morgan fingerprint density at radius 1 is 1.14 bits per heavy atom. The fraction of sp³-hybridized carbons (Fsp3) is 0.524. The number of aryl methyl sites for hydroxylation is 4. The minimum absolute atomic E-state index is 0.211. The van der Waals surface area contributed by atoms with E-state index in [-0.39, 0.29) is 5.91 Å². The molecule has 0 unspecified atom stereocenters. The molecule has 4 heterocycles. The van der Waals surface area contributed by atoms with Gasteiger partial charge in [0.1, 0.15) is 5.65 Å². The largest absolute Gasteiger partial charge is 0.340 e. The highest BCUT2D eigenvalue weighted by molar-refractivity contribution is 5.76. The number of amides is 1. The minimum Gasteiger partial charge on any atom is -0.340 e. The van der Waals surface area contributed by atoms with Crippen molar-refractivity contribution in [2.24, 2.45) is 0 Å². The summed E-state index contributed by atoms with van der Waals surface area (Å²) in [6.45, 7) is 10.1. The molecule has 1 aliphatic heterocycles. The highest BCUT2D eigenvalue weighted by Crippen LogP contribution is 2.17. The van der Waals surface area contributed by atoms with Crippen LogP contribution in [-0.4, -0.2) is 61.4 Å². The second-order valence-electron chi connectivity index (χ2n) is 7.82. The molecule has 1 saturated heterocycles. The molecule has 0 atom stereocenters. The molecule has 0 radical (unpaired) electrons. The molecule has 3 aromatic heterocycles. The Hall–Kier alpha value is -2.74. The standard InChI is InChI=1S/C21H28N6O2/c1-15-7-8-27-18(16(2)22-19(27)13-15)14-25-9-11-26(12-10-25)21(28)6-4-5-20-23-17(3)24-29-20/h7-8,13H,4-6,9-12,14H2,1-3H3. The normalized spacial score (nSPS) is 15.3. The average molecular weight is 396 g/mol. The van der Waals surface area contributed by atoms with Crippen molar-refractivity contribution in [3.05, 3.63) is 47.0 Å². The van der Waals surface area contributed by atoms with E-state index in [2.05, 4.69) is 51.6 Å². The monoisotopic (exact) mass is 396 g/mol. The summed E-state index contributed by atoms with van der Waals surface area (Å²) in [4.78, 5) is 25.8. The number of rotatable bonds is 6. The van der Waals surface area contributed by atoms with Gasteiger partial charge < -0.3 is 13.8 Å². The van der Waals surface area contributed by atoms with Crippen molar-refractivity contribution >= 4 is 11.6 Å². The molecular formula is C21H28N6O2. The van der Waals surface area contributed by atoms with E-state index in [1.165, 1.54) is 11.3 Å². The minimum atomic E-state index is 0.211. The molecule has 29 heavy (non-hydrogen) atoms. The van der Waals surface area contributed by atoms with Crippen LogP contribution >= 0.6 is 0 Å². The summed E-state index contributed by atoms with van der Waals surface area (Å²) in [6, 6.07) is 4.23. The van der Waals surface area contributed by atoms with Gasteiger partial charge in [0.2, 0.25) is 11.8 Å². The van der Waals surface area contributed by atoms with Crippen molar-refractivity contribution < 1.29 is 9.32 Å². The Morgan fingerprint density at radius 2 is 1.93 bits per heavy atom. The predicted octanol–water partition coefficient (Wildman–Crippen LogP) is 2.31. The van der Waals surface area contributed by atoms with Crippen LogP contribution in [0.1, 0.15) is 41.5 Å². The number of carbonyl (C=O) groups excluding carboxylic acids is 1. The van der Waals surface area contributed by atoms with E-state index in [4.69, 9.17) is 9.51 Å². The number of fused-ring (bicyclic) bond motifs is 1. The molecule has 3 aromatic rings. The highest BCUT2D eigenvalue weighted by atomic mass is 16.5. The third-order valence-electron chi connectivity index (χ3n) is 5.53. The van der Waals surface area contributed by atoms with Crippen LogP contribution in [0.3, 0.4) is 0 Å². The average Bonchev–Trinajstić information content (AvgIpc) is 3.24. The number of aromatic nitrogens is 4. The Kier molecular flexibility index (Phi) is 5.62. The molecule has 0 N–H and O–H groups in total.